The van der Waals surface area contributed by atoms with Crippen molar-refractivity contribution in [3.05, 3.63) is 30.1 Å². The quantitative estimate of drug-likeness (QED) is 0.608. The van der Waals surface area contributed by atoms with Crippen LogP contribution in [0.1, 0.15) is 38.4 Å². The Morgan fingerprint density at radius 2 is 1.86 bits per heavy atom. The Bertz CT molecular complexity index is 830. The minimum absolute atomic E-state index is 0.0925. The Labute approximate surface area is 175 Å². The molecule has 2 heterocycles. The van der Waals surface area contributed by atoms with E-state index >= 15 is 0 Å². The summed E-state index contributed by atoms with van der Waals surface area (Å²) in [5.41, 5.74) is 7.20. The number of hydrogen-bond donors (Lipinski definition) is 2. The Hall–Kier alpha value is -2.55. The Morgan fingerprint density at radius 3 is 2.52 bits per heavy atom. The topological polar surface area (TPSA) is 106 Å². The predicted octanol–water partition coefficient (Wildman–Crippen LogP) is 2.44. The molecule has 1 saturated heterocycles. The highest BCUT2D eigenvalue weighted by Crippen LogP contribution is 2.22. The molecule has 156 valence electrons. The van der Waals surface area contributed by atoms with E-state index in [9.17, 15) is 9.59 Å². The second kappa shape index (κ2) is 10.3. The number of carbonyl (C=O) groups excluding carboxylic acids is 2. The van der Waals surface area contributed by atoms with Gasteiger partial charge in [-0.05, 0) is 50.5 Å². The van der Waals surface area contributed by atoms with Crippen molar-refractivity contribution in [1.29, 1.82) is 0 Å². The molecule has 0 spiro atoms. The fourth-order valence-electron chi connectivity index (χ4n) is 3.40. The van der Waals surface area contributed by atoms with Gasteiger partial charge in [-0.25, -0.2) is 0 Å². The van der Waals surface area contributed by atoms with Crippen molar-refractivity contribution in [3.8, 4) is 0 Å². The maximum Gasteiger partial charge on any atom is 0.234 e. The van der Waals surface area contributed by atoms with E-state index in [1.165, 1.54) is 36.7 Å². The van der Waals surface area contributed by atoms with E-state index in [0.29, 0.717) is 23.9 Å². The SMILES string of the molecule is CCn1c(CCC(N)=O)nnc1SCC(=O)Nc1ccc(N2CCCCC2)cc1. The van der Waals surface area contributed by atoms with E-state index in [4.69, 9.17) is 5.73 Å². The molecular formula is C20H28N6O2S. The molecule has 1 aliphatic rings. The van der Waals surface area contributed by atoms with E-state index in [2.05, 4.69) is 32.5 Å². The van der Waals surface area contributed by atoms with Crippen LogP contribution in [0.4, 0.5) is 11.4 Å². The van der Waals surface area contributed by atoms with Crippen molar-refractivity contribution in [2.45, 2.75) is 50.7 Å². The van der Waals surface area contributed by atoms with Crippen LogP contribution in [0.25, 0.3) is 0 Å². The van der Waals surface area contributed by atoms with Gasteiger partial charge in [-0.15, -0.1) is 10.2 Å². The number of piperidine rings is 1. The monoisotopic (exact) mass is 416 g/mol. The number of aromatic nitrogens is 3. The van der Waals surface area contributed by atoms with Gasteiger partial charge in [-0.2, -0.15) is 0 Å². The lowest BCUT2D eigenvalue weighted by atomic mass is 10.1. The molecule has 0 bridgehead atoms. The number of nitrogens with one attached hydrogen (secondary N) is 1. The van der Waals surface area contributed by atoms with E-state index in [0.717, 1.165) is 18.8 Å². The number of primary amides is 1. The minimum atomic E-state index is -0.365. The second-order valence-corrected chi connectivity index (χ2v) is 7.98. The summed E-state index contributed by atoms with van der Waals surface area (Å²) in [7, 11) is 0. The van der Waals surface area contributed by atoms with Gasteiger partial charge in [0.1, 0.15) is 5.82 Å². The molecule has 1 fully saturated rings. The van der Waals surface area contributed by atoms with E-state index < -0.39 is 0 Å². The molecule has 1 aromatic carbocycles. The van der Waals surface area contributed by atoms with Gasteiger partial charge in [0.25, 0.3) is 0 Å². The zero-order valence-electron chi connectivity index (χ0n) is 16.8. The average Bonchev–Trinajstić information content (AvgIpc) is 3.14. The Morgan fingerprint density at radius 1 is 1.14 bits per heavy atom. The predicted molar refractivity (Wildman–Crippen MR) is 115 cm³/mol. The lowest BCUT2D eigenvalue weighted by molar-refractivity contribution is -0.118. The van der Waals surface area contributed by atoms with Crippen LogP contribution in [0.3, 0.4) is 0 Å². The number of thioether (sulfide) groups is 1. The van der Waals surface area contributed by atoms with Crippen LogP contribution in [0.2, 0.25) is 0 Å². The van der Waals surface area contributed by atoms with Gasteiger partial charge in [0.05, 0.1) is 5.75 Å². The third-order valence-corrected chi connectivity index (χ3v) is 5.88. The first-order valence-corrected chi connectivity index (χ1v) is 11.0. The van der Waals surface area contributed by atoms with Crippen molar-refractivity contribution in [3.63, 3.8) is 0 Å². The third-order valence-electron chi connectivity index (χ3n) is 4.91. The lowest BCUT2D eigenvalue weighted by Gasteiger charge is -2.28. The average molecular weight is 417 g/mol. The summed E-state index contributed by atoms with van der Waals surface area (Å²) < 4.78 is 1.91. The van der Waals surface area contributed by atoms with Gasteiger partial charge in [0.15, 0.2) is 5.16 Å². The first kappa shape index (κ1) is 21.2. The molecule has 29 heavy (non-hydrogen) atoms. The summed E-state index contributed by atoms with van der Waals surface area (Å²) in [6.45, 7) is 4.85. The molecule has 0 saturated carbocycles. The zero-order chi connectivity index (χ0) is 20.6. The first-order chi connectivity index (χ1) is 14.1. The van der Waals surface area contributed by atoms with E-state index in [1.807, 2.05) is 23.6 Å². The highest BCUT2D eigenvalue weighted by atomic mass is 32.2. The summed E-state index contributed by atoms with van der Waals surface area (Å²) in [4.78, 5) is 25.7. The van der Waals surface area contributed by atoms with Gasteiger partial charge in [-0.1, -0.05) is 11.8 Å². The maximum absolute atomic E-state index is 12.3. The fourth-order valence-corrected chi connectivity index (χ4v) is 4.22. The van der Waals surface area contributed by atoms with Crippen LogP contribution in [0, 0.1) is 0 Å². The van der Waals surface area contributed by atoms with Crippen LogP contribution in [-0.4, -0.2) is 45.4 Å². The van der Waals surface area contributed by atoms with E-state index in [1.54, 1.807) is 0 Å². The normalized spacial score (nSPS) is 14.0. The van der Waals surface area contributed by atoms with Crippen molar-refractivity contribution < 1.29 is 9.59 Å². The molecule has 9 heteroatoms. The number of rotatable bonds is 9. The molecule has 3 rings (SSSR count). The highest BCUT2D eigenvalue weighted by molar-refractivity contribution is 7.99. The smallest absolute Gasteiger partial charge is 0.234 e. The molecule has 0 atom stereocenters. The molecule has 0 radical (unpaired) electrons. The standard InChI is InChI=1S/C20H28N6O2S/c1-2-26-18(11-10-17(21)27)23-24-20(26)29-14-19(28)22-15-6-8-16(9-7-15)25-12-4-3-5-13-25/h6-9H,2-5,10-14H2,1H3,(H2,21,27)(H,22,28). The summed E-state index contributed by atoms with van der Waals surface area (Å²) in [5, 5.41) is 11.9. The summed E-state index contributed by atoms with van der Waals surface area (Å²) in [5.74, 6) is 0.491. The summed E-state index contributed by atoms with van der Waals surface area (Å²) in [6, 6.07) is 8.02. The molecule has 2 aromatic rings. The molecular weight excluding hydrogens is 388 g/mol. The maximum atomic E-state index is 12.3. The van der Waals surface area contributed by atoms with Crippen LogP contribution < -0.4 is 16.0 Å². The van der Waals surface area contributed by atoms with Gasteiger partial charge in [-0.3, -0.25) is 9.59 Å². The van der Waals surface area contributed by atoms with Gasteiger partial charge >= 0.3 is 0 Å². The number of hydrogen-bond acceptors (Lipinski definition) is 6. The van der Waals surface area contributed by atoms with Crippen molar-refractivity contribution >= 4 is 35.0 Å². The number of carbonyl (C=O) groups is 2. The lowest BCUT2D eigenvalue weighted by Crippen LogP contribution is -2.29. The molecule has 0 aliphatic carbocycles. The number of anilines is 2. The minimum Gasteiger partial charge on any atom is -0.372 e. The third kappa shape index (κ3) is 5.96. The van der Waals surface area contributed by atoms with Gasteiger partial charge in [0.2, 0.25) is 11.8 Å². The number of amides is 2. The van der Waals surface area contributed by atoms with E-state index in [-0.39, 0.29) is 24.0 Å². The number of nitrogens with two attached hydrogens (primary N) is 1. The second-order valence-electron chi connectivity index (χ2n) is 7.04. The number of benzene rings is 1. The molecule has 3 N–H and O–H groups in total. The number of aryl methyl sites for hydroxylation is 1. The zero-order valence-corrected chi connectivity index (χ0v) is 17.6. The first-order valence-electron chi connectivity index (χ1n) is 10.0. The van der Waals surface area contributed by atoms with Crippen molar-refractivity contribution in [2.24, 2.45) is 5.73 Å². The summed E-state index contributed by atoms with van der Waals surface area (Å²) in [6.07, 6.45) is 4.47. The molecule has 1 aromatic heterocycles. The van der Waals surface area contributed by atoms with Gasteiger partial charge < -0.3 is 20.5 Å². The van der Waals surface area contributed by atoms with Gasteiger partial charge in [0, 0.05) is 43.9 Å². The van der Waals surface area contributed by atoms with Crippen LogP contribution in [0.15, 0.2) is 29.4 Å². The van der Waals surface area contributed by atoms with Crippen molar-refractivity contribution in [1.82, 2.24) is 14.8 Å². The molecule has 0 unspecified atom stereocenters. The highest BCUT2D eigenvalue weighted by Gasteiger charge is 2.14. The Balaban J connectivity index is 1.51. The fraction of sp³-hybridized carbons (Fsp3) is 0.500. The molecule has 8 nitrogen and oxygen atoms in total. The van der Waals surface area contributed by atoms with Crippen LogP contribution in [0.5, 0.6) is 0 Å². The number of nitrogens with zero attached hydrogens (tertiary/aromatic N) is 4. The molecule has 1 aliphatic heterocycles. The largest absolute Gasteiger partial charge is 0.372 e. The molecule has 2 amide bonds. The Kier molecular flexibility index (Phi) is 7.51. The summed E-state index contributed by atoms with van der Waals surface area (Å²) >= 11 is 1.33. The van der Waals surface area contributed by atoms with Crippen molar-refractivity contribution in [2.75, 3.05) is 29.1 Å². The van der Waals surface area contributed by atoms with Crippen LogP contribution >= 0.6 is 11.8 Å². The van der Waals surface area contributed by atoms with Crippen LogP contribution in [-0.2, 0) is 22.6 Å².